The zero-order valence-electron chi connectivity index (χ0n) is 5.75. The highest BCUT2D eigenvalue weighted by atomic mass is 15.3. The molecule has 0 saturated carbocycles. The molecule has 0 spiro atoms. The van der Waals surface area contributed by atoms with Gasteiger partial charge in [-0.15, -0.1) is 0 Å². The molecule has 1 aliphatic heterocycles. The summed E-state index contributed by atoms with van der Waals surface area (Å²) in [5, 5.41) is 3.98. The number of hydrogen-bond donors (Lipinski definition) is 1. The second kappa shape index (κ2) is 2.29. The van der Waals surface area contributed by atoms with E-state index in [-0.39, 0.29) is 0 Å². The summed E-state index contributed by atoms with van der Waals surface area (Å²) < 4.78 is 0. The van der Waals surface area contributed by atoms with Gasteiger partial charge in [-0.2, -0.15) is 5.10 Å². The highest BCUT2D eigenvalue weighted by Gasteiger charge is 2.15. The Balaban J connectivity index is 2.23. The van der Waals surface area contributed by atoms with Crippen molar-refractivity contribution in [2.45, 2.75) is 18.9 Å². The number of hydrazone groups is 1. The Hall–Kier alpha value is -1.05. The number of fused-ring (bicyclic) bond motifs is 1. The van der Waals surface area contributed by atoms with Gasteiger partial charge in [0.2, 0.25) is 0 Å². The Morgan fingerprint density at radius 2 is 2.50 bits per heavy atom. The van der Waals surface area contributed by atoms with Crippen LogP contribution in [0.2, 0.25) is 0 Å². The summed E-state index contributed by atoms with van der Waals surface area (Å²) in [6, 6.07) is 0.481. The van der Waals surface area contributed by atoms with Gasteiger partial charge in [0.25, 0.3) is 0 Å². The quantitative estimate of drug-likeness (QED) is 0.495. The molecule has 0 aromatic rings. The summed E-state index contributed by atoms with van der Waals surface area (Å²) in [6.45, 7) is 0. The molecular formula is C8H10N2. The van der Waals surface area contributed by atoms with Crippen LogP contribution in [0.5, 0.6) is 0 Å². The molecule has 0 radical (unpaired) electrons. The molecular weight excluding hydrogens is 124 g/mol. The van der Waals surface area contributed by atoms with Crippen molar-refractivity contribution in [2.24, 2.45) is 5.10 Å². The molecule has 2 rings (SSSR count). The van der Waals surface area contributed by atoms with Crippen molar-refractivity contribution in [1.82, 2.24) is 5.43 Å². The monoisotopic (exact) mass is 134 g/mol. The minimum absolute atomic E-state index is 0.481. The molecule has 0 saturated heterocycles. The van der Waals surface area contributed by atoms with E-state index in [1.807, 2.05) is 6.21 Å². The fraction of sp³-hybridized carbons (Fsp3) is 0.375. The van der Waals surface area contributed by atoms with E-state index in [1.54, 1.807) is 0 Å². The van der Waals surface area contributed by atoms with Crippen LogP contribution in [0.15, 0.2) is 28.9 Å². The first-order valence-electron chi connectivity index (χ1n) is 3.59. The average molecular weight is 134 g/mol. The Morgan fingerprint density at radius 3 is 3.40 bits per heavy atom. The summed E-state index contributed by atoms with van der Waals surface area (Å²) in [7, 11) is 0. The highest BCUT2D eigenvalue weighted by Crippen LogP contribution is 2.18. The van der Waals surface area contributed by atoms with Crippen molar-refractivity contribution in [3.8, 4) is 0 Å². The van der Waals surface area contributed by atoms with Gasteiger partial charge in [0.05, 0.1) is 6.04 Å². The van der Waals surface area contributed by atoms with Crippen LogP contribution in [0.25, 0.3) is 0 Å². The van der Waals surface area contributed by atoms with Crippen LogP contribution in [0.4, 0.5) is 0 Å². The predicted molar refractivity (Wildman–Crippen MR) is 41.9 cm³/mol. The van der Waals surface area contributed by atoms with Gasteiger partial charge in [-0.3, -0.25) is 0 Å². The van der Waals surface area contributed by atoms with E-state index in [9.17, 15) is 0 Å². The van der Waals surface area contributed by atoms with E-state index >= 15 is 0 Å². The van der Waals surface area contributed by atoms with Crippen molar-refractivity contribution in [1.29, 1.82) is 0 Å². The number of nitrogens with one attached hydrogen (secondary N) is 1. The lowest BCUT2D eigenvalue weighted by Crippen LogP contribution is -2.29. The van der Waals surface area contributed by atoms with Gasteiger partial charge in [-0.1, -0.05) is 12.2 Å². The first kappa shape index (κ1) is 5.71. The standard InChI is InChI=1S/C8H10N2/c1-2-4-8-7(3-1)5-6-9-10-8/h1-2,5-6,8,10H,3-4H2. The molecule has 10 heavy (non-hydrogen) atoms. The Kier molecular flexibility index (Phi) is 1.31. The van der Waals surface area contributed by atoms with Crippen molar-refractivity contribution in [2.75, 3.05) is 0 Å². The molecule has 1 N–H and O–H groups in total. The first-order valence-corrected chi connectivity index (χ1v) is 3.59. The lowest BCUT2D eigenvalue weighted by Gasteiger charge is -2.23. The molecule has 0 fully saturated rings. The molecule has 1 unspecified atom stereocenters. The van der Waals surface area contributed by atoms with E-state index < -0.39 is 0 Å². The smallest absolute Gasteiger partial charge is 0.0690 e. The maximum atomic E-state index is 3.98. The van der Waals surface area contributed by atoms with Gasteiger partial charge in [0, 0.05) is 6.21 Å². The molecule has 0 bridgehead atoms. The molecule has 2 aliphatic rings. The van der Waals surface area contributed by atoms with Crippen LogP contribution in [0.1, 0.15) is 12.8 Å². The molecule has 0 amide bonds. The van der Waals surface area contributed by atoms with Crippen LogP contribution >= 0.6 is 0 Å². The summed E-state index contributed by atoms with van der Waals surface area (Å²) in [5.74, 6) is 0. The largest absolute Gasteiger partial charge is 0.303 e. The van der Waals surface area contributed by atoms with Gasteiger partial charge < -0.3 is 5.43 Å². The van der Waals surface area contributed by atoms with Crippen LogP contribution in [0.3, 0.4) is 0 Å². The maximum absolute atomic E-state index is 3.98. The highest BCUT2D eigenvalue weighted by molar-refractivity contribution is 5.73. The predicted octanol–water partition coefficient (Wildman–Crippen LogP) is 1.22. The van der Waals surface area contributed by atoms with E-state index in [1.165, 1.54) is 5.57 Å². The van der Waals surface area contributed by atoms with Crippen molar-refractivity contribution < 1.29 is 0 Å². The van der Waals surface area contributed by atoms with Gasteiger partial charge in [-0.05, 0) is 24.5 Å². The van der Waals surface area contributed by atoms with E-state index in [4.69, 9.17) is 0 Å². The lowest BCUT2D eigenvalue weighted by molar-refractivity contribution is 0.577. The van der Waals surface area contributed by atoms with Crippen LogP contribution < -0.4 is 5.43 Å². The van der Waals surface area contributed by atoms with E-state index in [0.29, 0.717) is 6.04 Å². The first-order chi connectivity index (χ1) is 4.97. The maximum Gasteiger partial charge on any atom is 0.0690 e. The molecule has 2 nitrogen and oxygen atoms in total. The fourth-order valence-corrected chi connectivity index (χ4v) is 1.33. The van der Waals surface area contributed by atoms with Gasteiger partial charge in [-0.25, -0.2) is 0 Å². The third kappa shape index (κ3) is 0.856. The number of rotatable bonds is 0. The van der Waals surface area contributed by atoms with Crippen molar-refractivity contribution in [3.05, 3.63) is 23.8 Å². The molecule has 52 valence electrons. The van der Waals surface area contributed by atoms with Gasteiger partial charge >= 0.3 is 0 Å². The summed E-state index contributed by atoms with van der Waals surface area (Å²) >= 11 is 0. The third-order valence-corrected chi connectivity index (χ3v) is 1.93. The van der Waals surface area contributed by atoms with Crippen LogP contribution in [-0.2, 0) is 0 Å². The van der Waals surface area contributed by atoms with Crippen LogP contribution in [-0.4, -0.2) is 12.3 Å². The second-order valence-electron chi connectivity index (χ2n) is 2.61. The minimum atomic E-state index is 0.481. The van der Waals surface area contributed by atoms with Gasteiger partial charge in [0.15, 0.2) is 0 Å². The average Bonchev–Trinajstić information content (AvgIpc) is 2.05. The van der Waals surface area contributed by atoms with Crippen LogP contribution in [0, 0.1) is 0 Å². The Morgan fingerprint density at radius 1 is 1.50 bits per heavy atom. The molecule has 1 heterocycles. The van der Waals surface area contributed by atoms with E-state index in [0.717, 1.165) is 12.8 Å². The molecule has 0 aromatic heterocycles. The van der Waals surface area contributed by atoms with Crippen molar-refractivity contribution in [3.63, 3.8) is 0 Å². The Labute approximate surface area is 60.3 Å². The number of nitrogens with zero attached hydrogens (tertiary/aromatic N) is 1. The molecule has 2 heteroatoms. The summed E-state index contributed by atoms with van der Waals surface area (Å²) in [5.41, 5.74) is 4.53. The SMILES string of the molecule is C1=CCC2NN=CC=C2C1. The third-order valence-electron chi connectivity index (χ3n) is 1.93. The van der Waals surface area contributed by atoms with Crippen molar-refractivity contribution >= 4 is 6.21 Å². The fourth-order valence-electron chi connectivity index (χ4n) is 1.33. The second-order valence-corrected chi connectivity index (χ2v) is 2.61. The normalized spacial score (nSPS) is 28.8. The van der Waals surface area contributed by atoms with E-state index in [2.05, 4.69) is 28.8 Å². The zero-order chi connectivity index (χ0) is 6.81. The van der Waals surface area contributed by atoms with Gasteiger partial charge in [0.1, 0.15) is 0 Å². The topological polar surface area (TPSA) is 24.4 Å². The lowest BCUT2D eigenvalue weighted by atomic mass is 9.95. The number of hydrogen-bond acceptors (Lipinski definition) is 2. The molecule has 0 aromatic carbocycles. The molecule has 1 atom stereocenters. The zero-order valence-corrected chi connectivity index (χ0v) is 5.75. The molecule has 1 aliphatic carbocycles. The minimum Gasteiger partial charge on any atom is -0.303 e. The number of allylic oxidation sites excluding steroid dienone is 2. The summed E-state index contributed by atoms with van der Waals surface area (Å²) in [6.07, 6.45) is 10.5. The Bertz CT molecular complexity index is 213. The summed E-state index contributed by atoms with van der Waals surface area (Å²) in [4.78, 5) is 0.